The predicted octanol–water partition coefficient (Wildman–Crippen LogP) is 3.60. The zero-order valence-electron chi connectivity index (χ0n) is 10.7. The first kappa shape index (κ1) is 12.2. The second-order valence-electron chi connectivity index (χ2n) is 4.68. The lowest BCUT2D eigenvalue weighted by Crippen LogP contribution is -2.21. The minimum atomic E-state index is -0.0746. The highest BCUT2D eigenvalue weighted by Gasteiger charge is 2.34. The van der Waals surface area contributed by atoms with Gasteiger partial charge in [0.05, 0.1) is 12.1 Å². The molecular formula is C17H17NO. The van der Waals surface area contributed by atoms with Crippen molar-refractivity contribution in [2.24, 2.45) is 0 Å². The van der Waals surface area contributed by atoms with E-state index in [2.05, 4.69) is 36.2 Å². The van der Waals surface area contributed by atoms with Gasteiger partial charge in [0.2, 0.25) is 0 Å². The van der Waals surface area contributed by atoms with Gasteiger partial charge in [-0.25, -0.2) is 0 Å². The van der Waals surface area contributed by atoms with Crippen molar-refractivity contribution in [2.75, 3.05) is 0 Å². The zero-order chi connectivity index (χ0) is 13.1. The molecule has 1 fully saturated rings. The molecule has 0 aliphatic carbocycles. The van der Waals surface area contributed by atoms with Crippen LogP contribution < -0.4 is 5.32 Å². The molecule has 2 aromatic rings. The average Bonchev–Trinajstić information content (AvgIpc) is 2.93. The molecule has 19 heavy (non-hydrogen) atoms. The van der Waals surface area contributed by atoms with E-state index in [4.69, 9.17) is 4.74 Å². The summed E-state index contributed by atoms with van der Waals surface area (Å²) >= 11 is 0. The van der Waals surface area contributed by atoms with Gasteiger partial charge in [-0.3, -0.25) is 5.32 Å². The Bertz CT molecular complexity index is 538. The molecular weight excluding hydrogens is 234 g/mol. The van der Waals surface area contributed by atoms with Crippen LogP contribution in [0.1, 0.15) is 23.4 Å². The van der Waals surface area contributed by atoms with E-state index < -0.39 is 0 Å². The first-order valence-electron chi connectivity index (χ1n) is 6.52. The molecule has 2 aromatic carbocycles. The van der Waals surface area contributed by atoms with Gasteiger partial charge in [0.15, 0.2) is 0 Å². The molecule has 1 saturated heterocycles. The van der Waals surface area contributed by atoms with Crippen LogP contribution in [0.25, 0.3) is 0 Å². The third kappa shape index (κ3) is 2.46. The molecule has 1 heterocycles. The van der Waals surface area contributed by atoms with Crippen molar-refractivity contribution in [3.63, 3.8) is 0 Å². The second kappa shape index (κ2) is 5.39. The fourth-order valence-electron chi connectivity index (χ4n) is 2.47. The van der Waals surface area contributed by atoms with Gasteiger partial charge < -0.3 is 4.74 Å². The molecule has 2 nitrogen and oxygen atoms in total. The Labute approximate surface area is 113 Å². The summed E-state index contributed by atoms with van der Waals surface area (Å²) in [4.78, 5) is 0. The summed E-state index contributed by atoms with van der Waals surface area (Å²) in [5, 5.41) is 3.53. The first-order valence-corrected chi connectivity index (χ1v) is 6.52. The van der Waals surface area contributed by atoms with E-state index in [9.17, 15) is 0 Å². The van der Waals surface area contributed by atoms with Crippen LogP contribution in [0.3, 0.4) is 0 Å². The molecule has 3 rings (SSSR count). The molecule has 2 heteroatoms. The van der Waals surface area contributed by atoms with Crippen LogP contribution >= 0.6 is 0 Å². The molecule has 0 bridgehead atoms. The van der Waals surface area contributed by atoms with E-state index >= 15 is 0 Å². The summed E-state index contributed by atoms with van der Waals surface area (Å²) in [6, 6.07) is 20.7. The predicted molar refractivity (Wildman–Crippen MR) is 76.6 cm³/mol. The van der Waals surface area contributed by atoms with Gasteiger partial charge in [0.1, 0.15) is 6.23 Å². The van der Waals surface area contributed by atoms with Gasteiger partial charge in [-0.05, 0) is 11.1 Å². The summed E-state index contributed by atoms with van der Waals surface area (Å²) in [5.74, 6) is 0. The number of hydrogen-bond donors (Lipinski definition) is 1. The molecule has 0 amide bonds. The van der Waals surface area contributed by atoms with Crippen LogP contribution in [0.2, 0.25) is 0 Å². The third-order valence-corrected chi connectivity index (χ3v) is 3.45. The molecule has 3 atom stereocenters. The summed E-state index contributed by atoms with van der Waals surface area (Å²) in [6.45, 7) is 3.88. The van der Waals surface area contributed by atoms with Crippen LogP contribution in [0.5, 0.6) is 0 Å². The van der Waals surface area contributed by atoms with Crippen LogP contribution in [0, 0.1) is 0 Å². The lowest BCUT2D eigenvalue weighted by molar-refractivity contribution is 0.0620. The van der Waals surface area contributed by atoms with Crippen molar-refractivity contribution >= 4 is 0 Å². The van der Waals surface area contributed by atoms with Crippen molar-refractivity contribution in [3.05, 3.63) is 84.4 Å². The van der Waals surface area contributed by atoms with Gasteiger partial charge in [-0.2, -0.15) is 0 Å². The Morgan fingerprint density at radius 3 is 2.05 bits per heavy atom. The summed E-state index contributed by atoms with van der Waals surface area (Å²) < 4.78 is 6.03. The van der Waals surface area contributed by atoms with Crippen molar-refractivity contribution in [1.82, 2.24) is 5.32 Å². The maximum Gasteiger partial charge on any atom is 0.135 e. The van der Waals surface area contributed by atoms with Crippen LogP contribution in [-0.4, -0.2) is 6.10 Å². The minimum Gasteiger partial charge on any atom is -0.350 e. The monoisotopic (exact) mass is 251 g/mol. The standard InChI is InChI=1S/C17H17NO/c1-2-15-16(13-9-5-3-6-10-13)18-17(19-15)14-11-7-4-8-12-14/h2-12,15-18H,1H2. The van der Waals surface area contributed by atoms with Crippen molar-refractivity contribution in [1.29, 1.82) is 0 Å². The maximum atomic E-state index is 6.03. The van der Waals surface area contributed by atoms with Gasteiger partial charge in [-0.1, -0.05) is 66.7 Å². The molecule has 96 valence electrons. The normalized spacial score (nSPS) is 26.2. The maximum absolute atomic E-state index is 6.03. The average molecular weight is 251 g/mol. The van der Waals surface area contributed by atoms with E-state index in [0.717, 1.165) is 5.56 Å². The topological polar surface area (TPSA) is 21.3 Å². The summed E-state index contributed by atoms with van der Waals surface area (Å²) in [6.07, 6.45) is 1.79. The highest BCUT2D eigenvalue weighted by molar-refractivity contribution is 5.25. The van der Waals surface area contributed by atoms with Crippen molar-refractivity contribution < 1.29 is 4.74 Å². The van der Waals surface area contributed by atoms with E-state index in [1.807, 2.05) is 42.5 Å². The lowest BCUT2D eigenvalue weighted by atomic mass is 10.0. The number of ether oxygens (including phenoxy) is 1. The van der Waals surface area contributed by atoms with Crippen LogP contribution in [0.4, 0.5) is 0 Å². The zero-order valence-corrected chi connectivity index (χ0v) is 10.7. The fraction of sp³-hybridized carbons (Fsp3) is 0.176. The number of benzene rings is 2. The van der Waals surface area contributed by atoms with E-state index in [0.29, 0.717) is 0 Å². The third-order valence-electron chi connectivity index (χ3n) is 3.45. The Balaban J connectivity index is 1.85. The highest BCUT2D eigenvalue weighted by atomic mass is 16.5. The SMILES string of the molecule is C=CC1OC(c2ccccc2)NC1c1ccccc1. The van der Waals surface area contributed by atoms with E-state index in [1.165, 1.54) is 5.56 Å². The Hall–Kier alpha value is -1.90. The lowest BCUT2D eigenvalue weighted by Gasteiger charge is -2.14. The smallest absolute Gasteiger partial charge is 0.135 e. The fourth-order valence-corrected chi connectivity index (χ4v) is 2.47. The summed E-state index contributed by atoms with van der Waals surface area (Å²) in [5.41, 5.74) is 2.37. The molecule has 0 spiro atoms. The molecule has 1 aliphatic heterocycles. The number of nitrogens with one attached hydrogen (secondary N) is 1. The molecule has 0 aromatic heterocycles. The van der Waals surface area contributed by atoms with Gasteiger partial charge in [-0.15, -0.1) is 6.58 Å². The van der Waals surface area contributed by atoms with Crippen LogP contribution in [0.15, 0.2) is 73.3 Å². The Kier molecular flexibility index (Phi) is 3.45. The summed E-state index contributed by atoms with van der Waals surface area (Å²) in [7, 11) is 0. The highest BCUT2D eigenvalue weighted by Crippen LogP contribution is 2.33. The van der Waals surface area contributed by atoms with E-state index in [1.54, 1.807) is 0 Å². The van der Waals surface area contributed by atoms with Gasteiger partial charge >= 0.3 is 0 Å². The molecule has 1 N–H and O–H groups in total. The molecule has 0 saturated carbocycles. The van der Waals surface area contributed by atoms with Crippen molar-refractivity contribution in [3.8, 4) is 0 Å². The van der Waals surface area contributed by atoms with Crippen molar-refractivity contribution in [2.45, 2.75) is 18.4 Å². The molecule has 0 radical (unpaired) electrons. The number of hydrogen-bond acceptors (Lipinski definition) is 2. The minimum absolute atomic E-state index is 0.00685. The number of rotatable bonds is 3. The first-order chi connectivity index (χ1) is 9.38. The van der Waals surface area contributed by atoms with Gasteiger partial charge in [0, 0.05) is 0 Å². The van der Waals surface area contributed by atoms with Crippen LogP contribution in [-0.2, 0) is 4.74 Å². The second-order valence-corrected chi connectivity index (χ2v) is 4.68. The largest absolute Gasteiger partial charge is 0.350 e. The molecule has 3 unspecified atom stereocenters. The quantitative estimate of drug-likeness (QED) is 0.842. The Morgan fingerprint density at radius 2 is 1.47 bits per heavy atom. The molecule has 1 aliphatic rings. The van der Waals surface area contributed by atoms with Gasteiger partial charge in [0.25, 0.3) is 0 Å². The van der Waals surface area contributed by atoms with E-state index in [-0.39, 0.29) is 18.4 Å². The Morgan fingerprint density at radius 1 is 0.895 bits per heavy atom.